The molecule has 28 heavy (non-hydrogen) atoms. The number of nitrogens with zero attached hydrogens (tertiary/aromatic N) is 2. The zero-order valence-corrected chi connectivity index (χ0v) is 16.4. The summed E-state index contributed by atoms with van der Waals surface area (Å²) in [7, 11) is 1.71. The normalized spacial score (nSPS) is 11.0. The second-order valence-electron chi connectivity index (χ2n) is 6.26. The van der Waals surface area contributed by atoms with E-state index in [4.69, 9.17) is 9.47 Å². The van der Waals surface area contributed by atoms with Crippen LogP contribution in [-0.2, 0) is 18.2 Å². The van der Waals surface area contributed by atoms with Crippen molar-refractivity contribution >= 4 is 16.9 Å². The third-order valence-corrected chi connectivity index (χ3v) is 4.61. The maximum atomic E-state index is 13.5. The number of pyridine rings is 1. The lowest BCUT2D eigenvalue weighted by Crippen LogP contribution is -2.22. The summed E-state index contributed by atoms with van der Waals surface area (Å²) in [4.78, 5) is 26.0. The fraction of sp³-hybridized carbons (Fsp3) is 0.333. The summed E-state index contributed by atoms with van der Waals surface area (Å²) in [6.45, 7) is 5.94. The summed E-state index contributed by atoms with van der Waals surface area (Å²) in [5, 5.41) is 0.300. The molecule has 3 rings (SSSR count). The van der Waals surface area contributed by atoms with Gasteiger partial charge in [-0.1, -0.05) is 6.92 Å². The number of carbonyl (C=O) groups is 1. The second-order valence-corrected chi connectivity index (χ2v) is 6.26. The molecule has 0 radical (unpaired) electrons. The van der Waals surface area contributed by atoms with Gasteiger partial charge in [0.05, 0.1) is 18.7 Å². The van der Waals surface area contributed by atoms with Crippen molar-refractivity contribution in [1.82, 2.24) is 9.13 Å². The molecule has 0 spiro atoms. The standard InChI is InChI=1S/C21H23FN2O4/c1-5-14-12-16-17(20(25)24(14)15-10-8-13(22)9-11-15)19(27-6-2)18(23(16)4)21(26)28-7-3/h8-12H,5-7H2,1-4H3. The van der Waals surface area contributed by atoms with E-state index in [1.54, 1.807) is 37.6 Å². The predicted molar refractivity (Wildman–Crippen MR) is 105 cm³/mol. The third-order valence-electron chi connectivity index (χ3n) is 4.61. The summed E-state index contributed by atoms with van der Waals surface area (Å²) >= 11 is 0. The van der Waals surface area contributed by atoms with Crippen LogP contribution in [0.5, 0.6) is 5.75 Å². The fourth-order valence-corrected chi connectivity index (χ4v) is 3.36. The summed E-state index contributed by atoms with van der Waals surface area (Å²) in [6, 6.07) is 7.58. The molecule has 2 heterocycles. The maximum absolute atomic E-state index is 13.5. The van der Waals surface area contributed by atoms with Gasteiger partial charge in [0.2, 0.25) is 0 Å². The van der Waals surface area contributed by atoms with E-state index < -0.39 is 5.97 Å². The molecule has 0 aliphatic heterocycles. The quantitative estimate of drug-likeness (QED) is 0.607. The van der Waals surface area contributed by atoms with Gasteiger partial charge in [-0.2, -0.15) is 0 Å². The van der Waals surface area contributed by atoms with Crippen LogP contribution in [0.3, 0.4) is 0 Å². The number of halogens is 1. The van der Waals surface area contributed by atoms with Gasteiger partial charge in [-0.05, 0) is 50.6 Å². The van der Waals surface area contributed by atoms with Crippen LogP contribution in [0.15, 0.2) is 35.1 Å². The zero-order chi connectivity index (χ0) is 20.4. The number of fused-ring (bicyclic) bond motifs is 1. The number of aryl methyl sites for hydroxylation is 2. The molecule has 0 atom stereocenters. The summed E-state index contributed by atoms with van der Waals surface area (Å²) < 4.78 is 27.4. The molecule has 0 fully saturated rings. The molecule has 0 amide bonds. The van der Waals surface area contributed by atoms with Crippen molar-refractivity contribution in [3.63, 3.8) is 0 Å². The van der Waals surface area contributed by atoms with Gasteiger partial charge in [0, 0.05) is 18.4 Å². The molecule has 0 saturated carbocycles. The topological polar surface area (TPSA) is 62.5 Å². The van der Waals surface area contributed by atoms with Crippen molar-refractivity contribution < 1.29 is 18.7 Å². The third kappa shape index (κ3) is 3.17. The Hall–Kier alpha value is -3.09. The van der Waals surface area contributed by atoms with Crippen LogP contribution in [0.1, 0.15) is 37.0 Å². The Balaban J connectivity index is 2.40. The van der Waals surface area contributed by atoms with Crippen LogP contribution in [0, 0.1) is 5.82 Å². The minimum atomic E-state index is -0.546. The minimum Gasteiger partial charge on any atom is -0.490 e. The molecule has 6 nitrogen and oxygen atoms in total. The van der Waals surface area contributed by atoms with Gasteiger partial charge in [-0.3, -0.25) is 9.36 Å². The van der Waals surface area contributed by atoms with Gasteiger partial charge in [0.25, 0.3) is 5.56 Å². The summed E-state index contributed by atoms with van der Waals surface area (Å²) in [6.07, 6.45) is 0.576. The van der Waals surface area contributed by atoms with Gasteiger partial charge in [0.1, 0.15) is 11.2 Å². The number of rotatable bonds is 6. The van der Waals surface area contributed by atoms with Crippen molar-refractivity contribution in [2.45, 2.75) is 27.2 Å². The highest BCUT2D eigenvalue weighted by Crippen LogP contribution is 2.32. The average molecular weight is 386 g/mol. The second kappa shape index (κ2) is 7.88. The molecule has 0 aliphatic carbocycles. The number of ether oxygens (including phenoxy) is 2. The van der Waals surface area contributed by atoms with Crippen LogP contribution in [0.25, 0.3) is 16.6 Å². The highest BCUT2D eigenvalue weighted by Gasteiger charge is 2.27. The van der Waals surface area contributed by atoms with E-state index in [1.807, 2.05) is 13.0 Å². The summed E-state index contributed by atoms with van der Waals surface area (Å²) in [5.74, 6) is -0.715. The summed E-state index contributed by atoms with van der Waals surface area (Å²) in [5.41, 5.74) is 1.76. The Bertz CT molecular complexity index is 1080. The molecule has 1 aromatic carbocycles. The first kappa shape index (κ1) is 19.7. The molecule has 3 aromatic rings. The lowest BCUT2D eigenvalue weighted by molar-refractivity contribution is 0.0511. The molecular weight excluding hydrogens is 363 g/mol. The van der Waals surface area contributed by atoms with Crippen LogP contribution >= 0.6 is 0 Å². The molecule has 0 N–H and O–H groups in total. The maximum Gasteiger partial charge on any atom is 0.358 e. The molecule has 0 saturated heterocycles. The highest BCUT2D eigenvalue weighted by molar-refractivity contribution is 6.01. The Morgan fingerprint density at radius 3 is 2.36 bits per heavy atom. The van der Waals surface area contributed by atoms with Gasteiger partial charge < -0.3 is 14.0 Å². The van der Waals surface area contributed by atoms with Crippen LogP contribution in [0.4, 0.5) is 4.39 Å². The first-order valence-corrected chi connectivity index (χ1v) is 9.27. The lowest BCUT2D eigenvalue weighted by Gasteiger charge is -2.13. The fourth-order valence-electron chi connectivity index (χ4n) is 3.36. The van der Waals surface area contributed by atoms with Crippen molar-refractivity contribution in [3.8, 4) is 11.4 Å². The Morgan fingerprint density at radius 2 is 1.79 bits per heavy atom. The number of carbonyl (C=O) groups excluding carboxylic acids is 1. The zero-order valence-electron chi connectivity index (χ0n) is 16.4. The molecule has 0 bridgehead atoms. The van der Waals surface area contributed by atoms with E-state index in [0.717, 1.165) is 5.69 Å². The predicted octanol–water partition coefficient (Wildman–Crippen LogP) is 3.61. The lowest BCUT2D eigenvalue weighted by atomic mass is 10.2. The van der Waals surface area contributed by atoms with Gasteiger partial charge in [-0.15, -0.1) is 0 Å². The van der Waals surface area contributed by atoms with Crippen LogP contribution in [0.2, 0.25) is 0 Å². The molecule has 2 aromatic heterocycles. The average Bonchev–Trinajstić information content (AvgIpc) is 2.95. The molecule has 0 unspecified atom stereocenters. The first-order chi connectivity index (χ1) is 13.4. The van der Waals surface area contributed by atoms with Crippen LogP contribution in [-0.4, -0.2) is 28.3 Å². The van der Waals surface area contributed by atoms with Crippen molar-refractivity contribution in [3.05, 3.63) is 57.9 Å². The minimum absolute atomic E-state index is 0.203. The van der Waals surface area contributed by atoms with Crippen molar-refractivity contribution in [2.75, 3.05) is 13.2 Å². The Morgan fingerprint density at radius 1 is 1.11 bits per heavy atom. The van der Waals surface area contributed by atoms with Crippen molar-refractivity contribution in [2.24, 2.45) is 7.05 Å². The van der Waals surface area contributed by atoms with E-state index in [-0.39, 0.29) is 36.0 Å². The van der Waals surface area contributed by atoms with E-state index in [0.29, 0.717) is 23.0 Å². The largest absolute Gasteiger partial charge is 0.490 e. The number of benzene rings is 1. The Labute approximate surface area is 162 Å². The number of aromatic nitrogens is 2. The smallest absolute Gasteiger partial charge is 0.358 e. The first-order valence-electron chi connectivity index (χ1n) is 9.27. The van der Waals surface area contributed by atoms with Crippen molar-refractivity contribution in [1.29, 1.82) is 0 Å². The SMILES string of the molecule is CCOC(=O)c1c(OCC)c2c(=O)n(-c3ccc(F)cc3)c(CC)cc2n1C. The number of esters is 1. The van der Waals surface area contributed by atoms with E-state index >= 15 is 0 Å². The molecular formula is C21H23FN2O4. The Kier molecular flexibility index (Phi) is 5.53. The number of hydrogen-bond donors (Lipinski definition) is 0. The van der Waals surface area contributed by atoms with E-state index in [1.165, 1.54) is 16.7 Å². The van der Waals surface area contributed by atoms with Gasteiger partial charge in [0.15, 0.2) is 11.4 Å². The van der Waals surface area contributed by atoms with Gasteiger partial charge in [-0.25, -0.2) is 9.18 Å². The molecule has 7 heteroatoms. The van der Waals surface area contributed by atoms with Crippen LogP contribution < -0.4 is 10.3 Å². The van der Waals surface area contributed by atoms with E-state index in [9.17, 15) is 14.0 Å². The van der Waals surface area contributed by atoms with E-state index in [2.05, 4.69) is 0 Å². The molecule has 148 valence electrons. The van der Waals surface area contributed by atoms with Gasteiger partial charge >= 0.3 is 5.97 Å². The monoisotopic (exact) mass is 386 g/mol. The molecule has 0 aliphatic rings. The highest BCUT2D eigenvalue weighted by atomic mass is 19.1. The number of hydrogen-bond acceptors (Lipinski definition) is 4.